The van der Waals surface area contributed by atoms with Crippen LogP contribution in [-0.4, -0.2) is 52.5 Å². The molecular weight excluding hydrogens is 482 g/mol. The van der Waals surface area contributed by atoms with Crippen molar-refractivity contribution in [2.75, 3.05) is 37.5 Å². The Bertz CT molecular complexity index is 1230. The number of likely N-dealkylation sites (tertiary alicyclic amines) is 1. The molecule has 0 aromatic heterocycles. The van der Waals surface area contributed by atoms with Gasteiger partial charge in [-0.15, -0.1) is 0 Å². The van der Waals surface area contributed by atoms with Crippen LogP contribution in [0.2, 0.25) is 5.02 Å². The Morgan fingerprint density at radius 1 is 1.17 bits per heavy atom. The third-order valence-electron chi connectivity index (χ3n) is 6.64. The van der Waals surface area contributed by atoms with Crippen molar-refractivity contribution in [2.45, 2.75) is 44.9 Å². The molecule has 0 atom stereocenters. The highest BCUT2D eigenvalue weighted by Crippen LogP contribution is 2.29. The number of aryl methyl sites for hydroxylation is 2. The van der Waals surface area contributed by atoms with Gasteiger partial charge in [0, 0.05) is 30.1 Å². The van der Waals surface area contributed by atoms with Gasteiger partial charge in [0.1, 0.15) is 0 Å². The Morgan fingerprint density at radius 3 is 2.54 bits per heavy atom. The molecule has 188 valence electrons. The highest BCUT2D eigenvalue weighted by molar-refractivity contribution is 7.92. The summed E-state index contributed by atoms with van der Waals surface area (Å²) in [6.45, 7) is 9.60. The summed E-state index contributed by atoms with van der Waals surface area (Å²) >= 11 is 6.15. The van der Waals surface area contributed by atoms with E-state index < -0.39 is 10.0 Å². The van der Waals surface area contributed by atoms with Crippen LogP contribution in [0.3, 0.4) is 0 Å². The molecule has 6 nitrogen and oxygen atoms in total. The number of piperidine rings is 1. The first-order chi connectivity index (χ1) is 16.6. The van der Waals surface area contributed by atoms with Gasteiger partial charge in [0.2, 0.25) is 0 Å². The fraction of sp³-hybridized carbons (Fsp3) is 0.444. The lowest BCUT2D eigenvalue weighted by Crippen LogP contribution is -2.34. The van der Waals surface area contributed by atoms with Crippen molar-refractivity contribution in [3.05, 3.63) is 58.1 Å². The molecule has 3 rings (SSSR count). The number of anilines is 1. The van der Waals surface area contributed by atoms with Gasteiger partial charge in [0.05, 0.1) is 10.6 Å². The topological polar surface area (TPSA) is 69.7 Å². The number of carbonyl (C=O) groups excluding carboxylic acids is 1. The summed E-state index contributed by atoms with van der Waals surface area (Å²) in [5, 5.41) is 3.40. The van der Waals surface area contributed by atoms with E-state index in [4.69, 9.17) is 11.6 Å². The van der Waals surface area contributed by atoms with E-state index in [-0.39, 0.29) is 10.8 Å². The molecule has 0 spiro atoms. The van der Waals surface area contributed by atoms with Gasteiger partial charge in [-0.05, 0) is 94.1 Å². The van der Waals surface area contributed by atoms with Gasteiger partial charge in [-0.3, -0.25) is 9.10 Å². The van der Waals surface area contributed by atoms with E-state index in [0.717, 1.165) is 38.9 Å². The number of nitrogens with one attached hydrogen (secondary N) is 1. The molecule has 1 N–H and O–H groups in total. The van der Waals surface area contributed by atoms with Gasteiger partial charge in [0.15, 0.2) is 0 Å². The van der Waals surface area contributed by atoms with Crippen LogP contribution in [0.15, 0.2) is 41.3 Å². The van der Waals surface area contributed by atoms with Crippen LogP contribution in [-0.2, 0) is 14.8 Å². The summed E-state index contributed by atoms with van der Waals surface area (Å²) in [4.78, 5) is 15.0. The number of para-hydroxylation sites is 1. The number of hydrogen-bond acceptors (Lipinski definition) is 4. The molecule has 1 amide bonds. The van der Waals surface area contributed by atoms with E-state index in [1.807, 2.05) is 0 Å². The summed E-state index contributed by atoms with van der Waals surface area (Å²) in [6.07, 6.45) is 3.27. The number of carbonyl (C=O) groups is 1. The van der Waals surface area contributed by atoms with Crippen molar-refractivity contribution in [2.24, 2.45) is 5.92 Å². The summed E-state index contributed by atoms with van der Waals surface area (Å²) < 4.78 is 28.0. The van der Waals surface area contributed by atoms with Crippen molar-refractivity contribution in [1.82, 2.24) is 10.2 Å². The molecule has 2 aromatic rings. The second kappa shape index (κ2) is 11.9. The van der Waals surface area contributed by atoms with Crippen molar-refractivity contribution in [3.63, 3.8) is 0 Å². The van der Waals surface area contributed by atoms with Crippen molar-refractivity contribution < 1.29 is 13.2 Å². The van der Waals surface area contributed by atoms with Crippen molar-refractivity contribution >= 4 is 33.2 Å². The molecule has 1 aliphatic heterocycles. The molecule has 1 aliphatic rings. The Balaban J connectivity index is 1.68. The lowest BCUT2D eigenvalue weighted by Gasteiger charge is -2.30. The molecule has 0 bridgehead atoms. The van der Waals surface area contributed by atoms with E-state index in [0.29, 0.717) is 39.9 Å². The largest absolute Gasteiger partial charge is 0.345 e. The second-order valence-corrected chi connectivity index (χ2v) is 11.4. The number of sulfonamides is 1. The van der Waals surface area contributed by atoms with E-state index >= 15 is 0 Å². The predicted molar refractivity (Wildman–Crippen MR) is 142 cm³/mol. The zero-order chi connectivity index (χ0) is 25.6. The van der Waals surface area contributed by atoms with Crippen LogP contribution in [0, 0.1) is 31.6 Å². The van der Waals surface area contributed by atoms with Gasteiger partial charge in [-0.25, -0.2) is 8.42 Å². The summed E-state index contributed by atoms with van der Waals surface area (Å²) in [5.41, 5.74) is 2.12. The number of benzene rings is 2. The van der Waals surface area contributed by atoms with E-state index in [1.165, 1.54) is 11.4 Å². The predicted octanol–water partition coefficient (Wildman–Crippen LogP) is 4.37. The zero-order valence-corrected chi connectivity index (χ0v) is 22.5. The lowest BCUT2D eigenvalue weighted by molar-refractivity contribution is -0.115. The van der Waals surface area contributed by atoms with Crippen LogP contribution in [0.5, 0.6) is 0 Å². The smallest absolute Gasteiger partial charge is 0.296 e. The van der Waals surface area contributed by atoms with Crippen LogP contribution in [0.1, 0.15) is 42.9 Å². The third-order valence-corrected chi connectivity index (χ3v) is 8.96. The lowest BCUT2D eigenvalue weighted by atomic mass is 9.93. The fourth-order valence-electron chi connectivity index (χ4n) is 4.31. The fourth-order valence-corrected chi connectivity index (χ4v) is 6.04. The Morgan fingerprint density at radius 2 is 1.86 bits per heavy atom. The Hall–Kier alpha value is -2.53. The van der Waals surface area contributed by atoms with Gasteiger partial charge in [0.25, 0.3) is 15.9 Å². The quantitative estimate of drug-likeness (QED) is 0.556. The van der Waals surface area contributed by atoms with Gasteiger partial charge in [-0.2, -0.15) is 0 Å². The SMILES string of the molecule is CCN1CCC(CCNC(=O)C#Cc2ccccc2N(C)S(=O)(=O)c2cc(C)c(Cl)cc2C)CC1. The maximum absolute atomic E-state index is 13.4. The standard InChI is InChI=1S/C27H34ClN3O3S/c1-5-31-16-13-22(14-17-31)12-15-29-27(32)11-10-23-8-6-7-9-25(23)30(4)35(33,34)26-19-20(2)24(28)18-21(26)3/h6-9,18-19,22H,5,12-17H2,1-4H3,(H,29,32). The van der Waals surface area contributed by atoms with Crippen LogP contribution >= 0.6 is 11.6 Å². The molecule has 2 aromatic carbocycles. The highest BCUT2D eigenvalue weighted by atomic mass is 35.5. The highest BCUT2D eigenvalue weighted by Gasteiger charge is 2.25. The number of hydrogen-bond donors (Lipinski definition) is 1. The summed E-state index contributed by atoms with van der Waals surface area (Å²) in [7, 11) is -2.36. The zero-order valence-electron chi connectivity index (χ0n) is 20.9. The van der Waals surface area contributed by atoms with E-state index in [2.05, 4.69) is 29.0 Å². The molecule has 1 heterocycles. The van der Waals surface area contributed by atoms with Crippen molar-refractivity contribution in [3.8, 4) is 11.8 Å². The van der Waals surface area contributed by atoms with Gasteiger partial charge >= 0.3 is 0 Å². The second-order valence-electron chi connectivity index (χ2n) is 9.03. The van der Waals surface area contributed by atoms with Gasteiger partial charge < -0.3 is 10.2 Å². The summed E-state index contributed by atoms with van der Waals surface area (Å²) in [5.74, 6) is 5.75. The molecule has 0 unspecified atom stereocenters. The third kappa shape index (κ3) is 6.78. The van der Waals surface area contributed by atoms with Crippen LogP contribution in [0.4, 0.5) is 5.69 Å². The number of nitrogens with zero attached hydrogens (tertiary/aromatic N) is 2. The average Bonchev–Trinajstić information content (AvgIpc) is 2.85. The minimum absolute atomic E-state index is 0.187. The minimum Gasteiger partial charge on any atom is -0.345 e. The van der Waals surface area contributed by atoms with E-state index in [1.54, 1.807) is 50.2 Å². The normalized spacial score (nSPS) is 14.8. The average molecular weight is 516 g/mol. The molecule has 0 saturated carbocycles. The summed E-state index contributed by atoms with van der Waals surface area (Å²) in [6, 6.07) is 10.1. The van der Waals surface area contributed by atoms with Crippen LogP contribution < -0.4 is 9.62 Å². The minimum atomic E-state index is -3.85. The maximum Gasteiger partial charge on any atom is 0.296 e. The van der Waals surface area contributed by atoms with E-state index in [9.17, 15) is 13.2 Å². The van der Waals surface area contributed by atoms with Gasteiger partial charge in [-0.1, -0.05) is 36.6 Å². The molecule has 1 fully saturated rings. The molecule has 0 radical (unpaired) electrons. The van der Waals surface area contributed by atoms with Crippen LogP contribution in [0.25, 0.3) is 0 Å². The molecule has 8 heteroatoms. The van der Waals surface area contributed by atoms with Crippen molar-refractivity contribution in [1.29, 1.82) is 0 Å². The molecule has 1 saturated heterocycles. The first-order valence-corrected chi connectivity index (χ1v) is 13.8. The molecule has 35 heavy (non-hydrogen) atoms. The molecule has 0 aliphatic carbocycles. The number of halogens is 1. The Labute approximate surface area is 214 Å². The number of rotatable bonds is 7. The molecular formula is C27H34ClN3O3S. The Kier molecular flexibility index (Phi) is 9.23. The monoisotopic (exact) mass is 515 g/mol. The maximum atomic E-state index is 13.4. The number of amides is 1. The first-order valence-electron chi connectivity index (χ1n) is 12.0. The first kappa shape index (κ1) is 27.1.